The SMILES string of the molecule is CCc1ccc(-c2nc(C)c(C(=O)Nc3ccccc3N(C)C(C)=O)s2)cc1. The van der Waals surface area contributed by atoms with Crippen LogP contribution in [0.15, 0.2) is 48.5 Å². The molecule has 6 heteroatoms. The number of aromatic nitrogens is 1. The van der Waals surface area contributed by atoms with Gasteiger partial charge < -0.3 is 10.2 Å². The maximum atomic E-state index is 12.9. The fraction of sp³-hybridized carbons (Fsp3) is 0.227. The molecule has 0 atom stereocenters. The third-order valence-corrected chi connectivity index (χ3v) is 5.80. The Morgan fingerprint density at radius 1 is 1.11 bits per heavy atom. The highest BCUT2D eigenvalue weighted by Crippen LogP contribution is 2.30. The van der Waals surface area contributed by atoms with Crippen LogP contribution >= 0.6 is 11.3 Å². The average molecular weight is 394 g/mol. The number of hydrogen-bond donors (Lipinski definition) is 1. The monoisotopic (exact) mass is 393 g/mol. The first-order valence-electron chi connectivity index (χ1n) is 9.12. The summed E-state index contributed by atoms with van der Waals surface area (Å²) in [7, 11) is 1.68. The second kappa shape index (κ2) is 8.35. The Labute approximate surface area is 169 Å². The summed E-state index contributed by atoms with van der Waals surface area (Å²) in [6, 6.07) is 15.5. The van der Waals surface area contributed by atoms with Crippen LogP contribution in [0, 0.1) is 6.92 Å². The summed E-state index contributed by atoms with van der Waals surface area (Å²) < 4.78 is 0. The predicted molar refractivity (Wildman–Crippen MR) is 115 cm³/mol. The molecule has 5 nitrogen and oxygen atoms in total. The molecule has 0 unspecified atom stereocenters. The molecule has 3 aromatic rings. The van der Waals surface area contributed by atoms with Gasteiger partial charge in [0.2, 0.25) is 5.91 Å². The minimum absolute atomic E-state index is 0.103. The van der Waals surface area contributed by atoms with Crippen molar-refractivity contribution in [3.05, 3.63) is 64.7 Å². The summed E-state index contributed by atoms with van der Waals surface area (Å²) in [5, 5.41) is 3.74. The van der Waals surface area contributed by atoms with Crippen molar-refractivity contribution < 1.29 is 9.59 Å². The van der Waals surface area contributed by atoms with E-state index >= 15 is 0 Å². The van der Waals surface area contributed by atoms with Gasteiger partial charge in [-0.3, -0.25) is 9.59 Å². The van der Waals surface area contributed by atoms with Gasteiger partial charge in [0.1, 0.15) is 9.88 Å². The zero-order valence-electron chi connectivity index (χ0n) is 16.4. The molecule has 144 valence electrons. The lowest BCUT2D eigenvalue weighted by Crippen LogP contribution is -2.24. The van der Waals surface area contributed by atoms with Gasteiger partial charge in [0.25, 0.3) is 5.91 Å². The summed E-state index contributed by atoms with van der Waals surface area (Å²) in [4.78, 5) is 31.3. The third-order valence-electron chi connectivity index (χ3n) is 4.60. The van der Waals surface area contributed by atoms with Gasteiger partial charge in [-0.2, -0.15) is 0 Å². The normalized spacial score (nSPS) is 10.6. The van der Waals surface area contributed by atoms with Crippen LogP contribution in [-0.2, 0) is 11.2 Å². The molecule has 0 spiro atoms. The fourth-order valence-corrected chi connectivity index (χ4v) is 3.80. The maximum absolute atomic E-state index is 12.9. The molecular formula is C22H23N3O2S. The molecule has 0 fully saturated rings. The lowest BCUT2D eigenvalue weighted by atomic mass is 10.1. The van der Waals surface area contributed by atoms with Crippen LogP contribution in [0.5, 0.6) is 0 Å². The van der Waals surface area contributed by atoms with Gasteiger partial charge in [-0.15, -0.1) is 11.3 Å². The molecule has 0 saturated carbocycles. The van der Waals surface area contributed by atoms with E-state index in [0.717, 1.165) is 17.0 Å². The fourth-order valence-electron chi connectivity index (χ4n) is 2.83. The largest absolute Gasteiger partial charge is 0.319 e. The number of amides is 2. The highest BCUT2D eigenvalue weighted by molar-refractivity contribution is 7.17. The molecular weight excluding hydrogens is 370 g/mol. The number of carbonyl (C=O) groups excluding carboxylic acids is 2. The molecule has 0 aliphatic heterocycles. The van der Waals surface area contributed by atoms with Gasteiger partial charge in [0.05, 0.1) is 17.1 Å². The molecule has 1 N–H and O–H groups in total. The number of thiazole rings is 1. The van der Waals surface area contributed by atoms with E-state index in [9.17, 15) is 9.59 Å². The number of nitrogens with one attached hydrogen (secondary N) is 1. The first kappa shape index (κ1) is 19.8. The van der Waals surface area contributed by atoms with Crippen molar-refractivity contribution in [2.75, 3.05) is 17.3 Å². The van der Waals surface area contributed by atoms with Crippen LogP contribution in [0.2, 0.25) is 0 Å². The smallest absolute Gasteiger partial charge is 0.267 e. The van der Waals surface area contributed by atoms with Crippen molar-refractivity contribution >= 4 is 34.5 Å². The number of anilines is 2. The molecule has 0 saturated heterocycles. The molecule has 1 aromatic heterocycles. The van der Waals surface area contributed by atoms with Crippen molar-refractivity contribution in [1.29, 1.82) is 0 Å². The first-order chi connectivity index (χ1) is 13.4. The highest BCUT2D eigenvalue weighted by Gasteiger charge is 2.19. The molecule has 3 rings (SSSR count). The number of carbonyl (C=O) groups is 2. The van der Waals surface area contributed by atoms with E-state index in [1.54, 1.807) is 19.2 Å². The molecule has 0 radical (unpaired) electrons. The Kier molecular flexibility index (Phi) is 5.90. The van der Waals surface area contributed by atoms with Crippen LogP contribution in [-0.4, -0.2) is 23.8 Å². The number of aryl methyl sites for hydroxylation is 2. The summed E-state index contributed by atoms with van der Waals surface area (Å²) in [6.45, 7) is 5.44. The number of hydrogen-bond acceptors (Lipinski definition) is 4. The topological polar surface area (TPSA) is 62.3 Å². The Bertz CT molecular complexity index is 1010. The van der Waals surface area contributed by atoms with Crippen molar-refractivity contribution in [3.8, 4) is 10.6 Å². The van der Waals surface area contributed by atoms with Crippen LogP contribution in [0.25, 0.3) is 10.6 Å². The van der Waals surface area contributed by atoms with Crippen LogP contribution in [0.4, 0.5) is 11.4 Å². The van der Waals surface area contributed by atoms with E-state index in [0.29, 0.717) is 21.9 Å². The summed E-state index contributed by atoms with van der Waals surface area (Å²) in [6.07, 6.45) is 0.985. The van der Waals surface area contributed by atoms with Crippen molar-refractivity contribution in [2.45, 2.75) is 27.2 Å². The zero-order chi connectivity index (χ0) is 20.3. The minimum atomic E-state index is -0.226. The van der Waals surface area contributed by atoms with Crippen LogP contribution in [0.3, 0.4) is 0 Å². The Morgan fingerprint density at radius 2 is 1.79 bits per heavy atom. The third kappa shape index (κ3) is 4.12. The van der Waals surface area contributed by atoms with Gasteiger partial charge in [-0.25, -0.2) is 4.98 Å². The standard InChI is InChI=1S/C22H23N3O2S/c1-5-16-10-12-17(13-11-16)22-23-14(2)20(28-22)21(27)24-18-8-6-7-9-19(18)25(4)15(3)26/h6-13H,5H2,1-4H3,(H,24,27). The van der Waals surface area contributed by atoms with Gasteiger partial charge in [0, 0.05) is 19.5 Å². The first-order valence-corrected chi connectivity index (χ1v) is 9.93. The van der Waals surface area contributed by atoms with Gasteiger partial charge in [0.15, 0.2) is 0 Å². The predicted octanol–water partition coefficient (Wildman–Crippen LogP) is 4.92. The Balaban J connectivity index is 1.86. The second-order valence-electron chi connectivity index (χ2n) is 6.53. The van der Waals surface area contributed by atoms with Crippen molar-refractivity contribution in [3.63, 3.8) is 0 Å². The molecule has 2 aromatic carbocycles. The van der Waals surface area contributed by atoms with Crippen LogP contribution < -0.4 is 10.2 Å². The van der Waals surface area contributed by atoms with Crippen LogP contribution in [0.1, 0.15) is 34.8 Å². The number of rotatable bonds is 5. The minimum Gasteiger partial charge on any atom is -0.319 e. The maximum Gasteiger partial charge on any atom is 0.267 e. The van der Waals surface area contributed by atoms with Crippen molar-refractivity contribution in [2.24, 2.45) is 0 Å². The van der Waals surface area contributed by atoms with Crippen molar-refractivity contribution in [1.82, 2.24) is 4.98 Å². The van der Waals surface area contributed by atoms with E-state index in [1.807, 2.05) is 31.2 Å². The van der Waals surface area contributed by atoms with Gasteiger partial charge in [-0.1, -0.05) is 43.3 Å². The Morgan fingerprint density at radius 3 is 2.43 bits per heavy atom. The Hall–Kier alpha value is -2.99. The molecule has 2 amide bonds. The number of benzene rings is 2. The molecule has 1 heterocycles. The van der Waals surface area contributed by atoms with E-state index in [2.05, 4.69) is 29.4 Å². The average Bonchev–Trinajstić information content (AvgIpc) is 3.09. The lowest BCUT2D eigenvalue weighted by Gasteiger charge is -2.19. The summed E-state index contributed by atoms with van der Waals surface area (Å²) in [5.74, 6) is -0.329. The van der Waals surface area contributed by atoms with Gasteiger partial charge in [-0.05, 0) is 31.0 Å². The molecule has 0 aliphatic rings. The molecule has 0 aliphatic carbocycles. The second-order valence-corrected chi connectivity index (χ2v) is 7.53. The quantitative estimate of drug-likeness (QED) is 0.669. The van der Waals surface area contributed by atoms with Gasteiger partial charge >= 0.3 is 0 Å². The number of para-hydroxylation sites is 2. The van der Waals surface area contributed by atoms with E-state index in [-0.39, 0.29) is 11.8 Å². The molecule has 0 bridgehead atoms. The summed E-state index contributed by atoms with van der Waals surface area (Å²) in [5.41, 5.74) is 4.20. The zero-order valence-corrected chi connectivity index (χ0v) is 17.3. The van der Waals surface area contributed by atoms with E-state index in [1.165, 1.54) is 28.7 Å². The summed E-state index contributed by atoms with van der Waals surface area (Å²) >= 11 is 1.37. The number of nitrogens with zero attached hydrogens (tertiary/aromatic N) is 2. The lowest BCUT2D eigenvalue weighted by molar-refractivity contribution is -0.116. The molecule has 28 heavy (non-hydrogen) atoms. The van der Waals surface area contributed by atoms with E-state index < -0.39 is 0 Å². The van der Waals surface area contributed by atoms with E-state index in [4.69, 9.17) is 0 Å². The highest BCUT2D eigenvalue weighted by atomic mass is 32.1.